The predicted octanol–water partition coefficient (Wildman–Crippen LogP) is 2.60. The third-order valence-corrected chi connectivity index (χ3v) is 3.46. The van der Waals surface area contributed by atoms with Crippen molar-refractivity contribution in [3.05, 3.63) is 35.4 Å². The fourth-order valence-electron chi connectivity index (χ4n) is 2.50. The largest absolute Gasteiger partial charge is 0.314 e. The van der Waals surface area contributed by atoms with Crippen LogP contribution in [0, 0.1) is 6.92 Å². The van der Waals surface area contributed by atoms with Crippen LogP contribution in [0.25, 0.3) is 0 Å². The van der Waals surface area contributed by atoms with Crippen molar-refractivity contribution < 1.29 is 0 Å². The Balaban J connectivity index is 0.00000144. The molecule has 1 saturated heterocycles. The summed E-state index contributed by atoms with van der Waals surface area (Å²) in [6, 6.07) is 10.1. The van der Waals surface area contributed by atoms with Crippen molar-refractivity contribution in [2.24, 2.45) is 0 Å². The van der Waals surface area contributed by atoms with Crippen LogP contribution in [0.5, 0.6) is 0 Å². The summed E-state index contributed by atoms with van der Waals surface area (Å²) in [5, 5.41) is 3.47. The maximum Gasteiger partial charge on any atom is 0.0240 e. The molecule has 0 aliphatic carbocycles. The standard InChI is InChI=1S/C14H22N2.ClH/c1-11-5-4-6-14(7-11)10-16-12(2)8-15-9-13(16)3;/h4-7,12-13,15H,8-10H2,1-3H3;1H. The Morgan fingerprint density at radius 1 is 1.24 bits per heavy atom. The first-order valence-corrected chi connectivity index (χ1v) is 6.19. The topological polar surface area (TPSA) is 15.3 Å². The molecule has 1 fully saturated rings. The van der Waals surface area contributed by atoms with Gasteiger partial charge in [0.15, 0.2) is 0 Å². The number of rotatable bonds is 2. The lowest BCUT2D eigenvalue weighted by Crippen LogP contribution is -2.54. The van der Waals surface area contributed by atoms with Gasteiger partial charge < -0.3 is 5.32 Å². The fourth-order valence-corrected chi connectivity index (χ4v) is 2.50. The maximum absolute atomic E-state index is 3.47. The Morgan fingerprint density at radius 2 is 1.88 bits per heavy atom. The molecule has 1 N–H and O–H groups in total. The van der Waals surface area contributed by atoms with Crippen molar-refractivity contribution in [2.75, 3.05) is 13.1 Å². The first kappa shape index (κ1) is 14.5. The molecule has 0 bridgehead atoms. The molecule has 0 radical (unpaired) electrons. The summed E-state index contributed by atoms with van der Waals surface area (Å²) in [5.74, 6) is 0. The van der Waals surface area contributed by atoms with Crippen LogP contribution in [0.1, 0.15) is 25.0 Å². The van der Waals surface area contributed by atoms with E-state index in [1.54, 1.807) is 0 Å². The summed E-state index contributed by atoms with van der Waals surface area (Å²) >= 11 is 0. The van der Waals surface area contributed by atoms with Gasteiger partial charge in [-0.25, -0.2) is 0 Å². The van der Waals surface area contributed by atoms with E-state index in [2.05, 4.69) is 55.3 Å². The van der Waals surface area contributed by atoms with E-state index in [9.17, 15) is 0 Å². The van der Waals surface area contributed by atoms with Crippen LogP contribution in [-0.2, 0) is 6.54 Å². The normalized spacial score (nSPS) is 25.4. The molecule has 17 heavy (non-hydrogen) atoms. The molecule has 2 atom stereocenters. The lowest BCUT2D eigenvalue weighted by atomic mass is 10.1. The van der Waals surface area contributed by atoms with E-state index in [4.69, 9.17) is 0 Å². The van der Waals surface area contributed by atoms with Gasteiger partial charge >= 0.3 is 0 Å². The SMILES string of the molecule is Cc1cccc(CN2C(C)CNCC2C)c1.Cl. The number of aryl methyl sites for hydroxylation is 1. The molecule has 0 spiro atoms. The van der Waals surface area contributed by atoms with E-state index < -0.39 is 0 Å². The Hall–Kier alpha value is -0.570. The minimum atomic E-state index is 0. The second-order valence-corrected chi connectivity index (χ2v) is 5.02. The van der Waals surface area contributed by atoms with Crippen LogP contribution in [0.3, 0.4) is 0 Å². The average molecular weight is 255 g/mol. The molecule has 1 aliphatic heterocycles. The van der Waals surface area contributed by atoms with Crippen molar-refractivity contribution in [2.45, 2.75) is 39.4 Å². The smallest absolute Gasteiger partial charge is 0.0240 e. The van der Waals surface area contributed by atoms with E-state index in [1.165, 1.54) is 11.1 Å². The van der Waals surface area contributed by atoms with Crippen LogP contribution in [0.2, 0.25) is 0 Å². The average Bonchev–Trinajstić information content (AvgIpc) is 2.24. The summed E-state index contributed by atoms with van der Waals surface area (Å²) in [5.41, 5.74) is 2.79. The number of hydrogen-bond acceptors (Lipinski definition) is 2. The quantitative estimate of drug-likeness (QED) is 0.873. The molecule has 1 heterocycles. The summed E-state index contributed by atoms with van der Waals surface area (Å²) in [6.07, 6.45) is 0. The van der Waals surface area contributed by atoms with Crippen LogP contribution >= 0.6 is 12.4 Å². The van der Waals surface area contributed by atoms with Gasteiger partial charge in [0.2, 0.25) is 0 Å². The van der Waals surface area contributed by atoms with E-state index >= 15 is 0 Å². The number of nitrogens with zero attached hydrogens (tertiary/aromatic N) is 1. The van der Waals surface area contributed by atoms with E-state index in [1.807, 2.05) is 0 Å². The van der Waals surface area contributed by atoms with Crippen molar-refractivity contribution in [1.82, 2.24) is 10.2 Å². The molecule has 0 saturated carbocycles. The molecule has 2 rings (SSSR count). The van der Waals surface area contributed by atoms with Gasteiger partial charge in [0.1, 0.15) is 0 Å². The highest BCUT2D eigenvalue weighted by Crippen LogP contribution is 2.15. The number of halogens is 1. The Kier molecular flexibility index (Phi) is 5.44. The highest BCUT2D eigenvalue weighted by Gasteiger charge is 2.23. The maximum atomic E-state index is 3.47. The van der Waals surface area contributed by atoms with Gasteiger partial charge in [0.25, 0.3) is 0 Å². The van der Waals surface area contributed by atoms with Gasteiger partial charge in [-0.1, -0.05) is 29.8 Å². The number of nitrogens with one attached hydrogen (secondary N) is 1. The fraction of sp³-hybridized carbons (Fsp3) is 0.571. The highest BCUT2D eigenvalue weighted by molar-refractivity contribution is 5.85. The first-order chi connectivity index (χ1) is 7.66. The van der Waals surface area contributed by atoms with Gasteiger partial charge in [0.05, 0.1) is 0 Å². The van der Waals surface area contributed by atoms with Gasteiger partial charge in [0, 0.05) is 31.7 Å². The molecule has 96 valence electrons. The minimum Gasteiger partial charge on any atom is -0.314 e. The van der Waals surface area contributed by atoms with Gasteiger partial charge in [-0.15, -0.1) is 12.4 Å². The Bertz CT molecular complexity index is 344. The zero-order valence-corrected chi connectivity index (χ0v) is 11.8. The highest BCUT2D eigenvalue weighted by atomic mass is 35.5. The van der Waals surface area contributed by atoms with Crippen LogP contribution in [0.4, 0.5) is 0 Å². The summed E-state index contributed by atoms with van der Waals surface area (Å²) in [6.45, 7) is 10.1. The van der Waals surface area contributed by atoms with Crippen LogP contribution < -0.4 is 5.32 Å². The van der Waals surface area contributed by atoms with Crippen molar-refractivity contribution in [3.8, 4) is 0 Å². The molecule has 0 amide bonds. The summed E-state index contributed by atoms with van der Waals surface area (Å²) in [4.78, 5) is 2.59. The third kappa shape index (κ3) is 3.70. The van der Waals surface area contributed by atoms with Gasteiger partial charge in [-0.05, 0) is 26.3 Å². The molecule has 3 heteroatoms. The van der Waals surface area contributed by atoms with Gasteiger partial charge in [-0.3, -0.25) is 4.90 Å². The second-order valence-electron chi connectivity index (χ2n) is 5.02. The molecular formula is C14H23ClN2. The van der Waals surface area contributed by atoms with E-state index in [-0.39, 0.29) is 12.4 Å². The van der Waals surface area contributed by atoms with Crippen molar-refractivity contribution in [3.63, 3.8) is 0 Å². The molecule has 0 aromatic heterocycles. The van der Waals surface area contributed by atoms with Crippen LogP contribution in [0.15, 0.2) is 24.3 Å². The zero-order valence-electron chi connectivity index (χ0n) is 10.9. The monoisotopic (exact) mass is 254 g/mol. The van der Waals surface area contributed by atoms with Gasteiger partial charge in [-0.2, -0.15) is 0 Å². The number of piperazine rings is 1. The summed E-state index contributed by atoms with van der Waals surface area (Å²) < 4.78 is 0. The molecule has 1 aromatic carbocycles. The van der Waals surface area contributed by atoms with E-state index in [0.29, 0.717) is 12.1 Å². The second kappa shape index (κ2) is 6.39. The molecule has 1 aliphatic rings. The Morgan fingerprint density at radius 3 is 2.47 bits per heavy atom. The molecule has 2 unspecified atom stereocenters. The number of benzene rings is 1. The third-order valence-electron chi connectivity index (χ3n) is 3.46. The molecular weight excluding hydrogens is 232 g/mol. The zero-order chi connectivity index (χ0) is 11.5. The van der Waals surface area contributed by atoms with Crippen molar-refractivity contribution in [1.29, 1.82) is 0 Å². The summed E-state index contributed by atoms with van der Waals surface area (Å²) in [7, 11) is 0. The lowest BCUT2D eigenvalue weighted by Gasteiger charge is -2.39. The molecule has 1 aromatic rings. The predicted molar refractivity (Wildman–Crippen MR) is 75.8 cm³/mol. The number of hydrogen-bond donors (Lipinski definition) is 1. The van der Waals surface area contributed by atoms with Crippen LogP contribution in [-0.4, -0.2) is 30.1 Å². The minimum absolute atomic E-state index is 0. The van der Waals surface area contributed by atoms with E-state index in [0.717, 1.165) is 19.6 Å². The lowest BCUT2D eigenvalue weighted by molar-refractivity contribution is 0.109. The van der Waals surface area contributed by atoms with Crippen molar-refractivity contribution >= 4 is 12.4 Å². The Labute approximate surface area is 111 Å². The first-order valence-electron chi connectivity index (χ1n) is 6.19. The molecule has 2 nitrogen and oxygen atoms in total.